The van der Waals surface area contributed by atoms with E-state index in [1.165, 1.54) is 31.3 Å². The summed E-state index contributed by atoms with van der Waals surface area (Å²) in [6, 6.07) is 55.5. The fourth-order valence-electron chi connectivity index (χ4n) is 6.40. The van der Waals surface area contributed by atoms with Gasteiger partial charge in [-0.1, -0.05) is 103 Å². The van der Waals surface area contributed by atoms with Gasteiger partial charge in [0, 0.05) is 42.5 Å². The lowest BCUT2D eigenvalue weighted by molar-refractivity contribution is 0.620. The van der Waals surface area contributed by atoms with Crippen LogP contribution in [0.1, 0.15) is 0 Å². The molecule has 0 spiro atoms. The number of hydrogen-bond donors (Lipinski definition) is 0. The minimum absolute atomic E-state index is 0.624. The highest BCUT2D eigenvalue weighted by molar-refractivity contribution is 7.26. The second-order valence-electron chi connectivity index (χ2n) is 11.2. The smallest absolute Gasteiger partial charge is 0.227 e. The van der Waals surface area contributed by atoms with Crippen molar-refractivity contribution in [3.05, 3.63) is 158 Å². The highest BCUT2D eigenvalue weighted by atomic mass is 32.1. The maximum absolute atomic E-state index is 6.30. The number of benzene rings is 7. The summed E-state index contributed by atoms with van der Waals surface area (Å²) in [5.41, 5.74) is 8.25. The normalized spacial score (nSPS) is 11.6. The third-order valence-electron chi connectivity index (χ3n) is 8.50. The molecule has 0 fully saturated rings. The summed E-state index contributed by atoms with van der Waals surface area (Å²) in [4.78, 5) is 7.37. The van der Waals surface area contributed by atoms with Crippen LogP contribution in [0.15, 0.2) is 162 Å². The fraction of sp³-hybridized carbons (Fsp3) is 0. The Kier molecular flexibility index (Phi) is 6.00. The van der Waals surface area contributed by atoms with Crippen LogP contribution in [-0.4, -0.2) is 4.98 Å². The lowest BCUT2D eigenvalue weighted by Gasteiger charge is -2.27. The molecule has 3 nitrogen and oxygen atoms in total. The summed E-state index contributed by atoms with van der Waals surface area (Å²) in [5, 5.41) is 4.80. The van der Waals surface area contributed by atoms with Crippen LogP contribution < -0.4 is 4.90 Å². The fourth-order valence-corrected chi connectivity index (χ4v) is 7.64. The van der Waals surface area contributed by atoms with Crippen LogP contribution in [0.5, 0.6) is 0 Å². The van der Waals surface area contributed by atoms with Crippen molar-refractivity contribution in [3.63, 3.8) is 0 Å². The summed E-state index contributed by atoms with van der Waals surface area (Å²) in [7, 11) is 0. The van der Waals surface area contributed by atoms with Crippen LogP contribution >= 0.6 is 11.3 Å². The van der Waals surface area contributed by atoms with Crippen molar-refractivity contribution in [1.82, 2.24) is 4.98 Å². The Morgan fingerprint density at radius 1 is 0.533 bits per heavy atom. The van der Waals surface area contributed by atoms with Gasteiger partial charge in [-0.25, -0.2) is 4.98 Å². The number of rotatable bonds is 5. The van der Waals surface area contributed by atoms with E-state index in [4.69, 9.17) is 9.40 Å². The highest BCUT2D eigenvalue weighted by Gasteiger charge is 2.20. The number of para-hydroxylation sites is 1. The molecule has 2 aromatic heterocycles. The zero-order valence-corrected chi connectivity index (χ0v) is 25.0. The maximum atomic E-state index is 6.30. The van der Waals surface area contributed by atoms with E-state index < -0.39 is 0 Å². The van der Waals surface area contributed by atoms with Crippen molar-refractivity contribution in [2.75, 3.05) is 4.90 Å². The van der Waals surface area contributed by atoms with Crippen LogP contribution in [0, 0.1) is 0 Å². The topological polar surface area (TPSA) is 29.3 Å². The minimum atomic E-state index is 0.624. The molecule has 0 saturated heterocycles. The Morgan fingerprint density at radius 2 is 1.24 bits per heavy atom. The number of fused-ring (bicyclic) bond motifs is 6. The lowest BCUT2D eigenvalue weighted by Crippen LogP contribution is -2.10. The third-order valence-corrected chi connectivity index (χ3v) is 9.72. The number of aromatic nitrogens is 1. The monoisotopic (exact) mass is 594 g/mol. The first-order valence-corrected chi connectivity index (χ1v) is 15.9. The van der Waals surface area contributed by atoms with Gasteiger partial charge in [0.15, 0.2) is 5.58 Å². The van der Waals surface area contributed by atoms with E-state index in [1.54, 1.807) is 0 Å². The van der Waals surface area contributed by atoms with Gasteiger partial charge in [-0.3, -0.25) is 0 Å². The van der Waals surface area contributed by atoms with Crippen LogP contribution in [0.25, 0.3) is 64.6 Å². The van der Waals surface area contributed by atoms with Crippen LogP contribution in [-0.2, 0) is 0 Å². The Labute approximate surface area is 264 Å². The maximum Gasteiger partial charge on any atom is 0.227 e. The van der Waals surface area contributed by atoms with Gasteiger partial charge in [-0.15, -0.1) is 11.3 Å². The summed E-state index contributed by atoms with van der Waals surface area (Å²) in [6.07, 6.45) is 0. The molecule has 45 heavy (non-hydrogen) atoms. The van der Waals surface area contributed by atoms with Crippen molar-refractivity contribution in [1.29, 1.82) is 0 Å². The number of nitrogens with zero attached hydrogens (tertiary/aromatic N) is 2. The summed E-state index contributed by atoms with van der Waals surface area (Å²) < 4.78 is 8.94. The molecular weight excluding hydrogens is 569 g/mol. The third kappa shape index (κ3) is 4.30. The summed E-state index contributed by atoms with van der Waals surface area (Å²) in [6.45, 7) is 0. The van der Waals surface area contributed by atoms with Crippen LogP contribution in [0.4, 0.5) is 17.1 Å². The highest BCUT2D eigenvalue weighted by Crippen LogP contribution is 2.44. The molecule has 0 aliphatic heterocycles. The first-order valence-electron chi connectivity index (χ1n) is 15.1. The average molecular weight is 595 g/mol. The molecule has 0 radical (unpaired) electrons. The minimum Gasteiger partial charge on any atom is -0.436 e. The molecule has 0 aliphatic carbocycles. The quantitative estimate of drug-likeness (QED) is 0.198. The Hall–Kier alpha value is -5.71. The largest absolute Gasteiger partial charge is 0.436 e. The summed E-state index contributed by atoms with van der Waals surface area (Å²) in [5.74, 6) is 0.624. The van der Waals surface area contributed by atoms with E-state index in [1.807, 2.05) is 47.7 Å². The van der Waals surface area contributed by atoms with Crippen molar-refractivity contribution >= 4 is 70.4 Å². The van der Waals surface area contributed by atoms with Gasteiger partial charge in [0.05, 0.1) is 5.69 Å². The molecule has 0 saturated carbocycles. The van der Waals surface area contributed by atoms with Gasteiger partial charge in [0.2, 0.25) is 5.89 Å². The van der Waals surface area contributed by atoms with E-state index in [9.17, 15) is 0 Å². The molecule has 7 aromatic carbocycles. The Bertz CT molecular complexity index is 2480. The molecule has 0 amide bonds. The van der Waals surface area contributed by atoms with E-state index in [0.717, 1.165) is 44.5 Å². The van der Waals surface area contributed by atoms with E-state index in [2.05, 4.69) is 126 Å². The molecule has 9 rings (SSSR count). The molecule has 212 valence electrons. The van der Waals surface area contributed by atoms with Crippen LogP contribution in [0.2, 0.25) is 0 Å². The predicted octanol–water partition coefficient (Wildman–Crippen LogP) is 12.2. The van der Waals surface area contributed by atoms with Gasteiger partial charge < -0.3 is 9.32 Å². The average Bonchev–Trinajstić information content (AvgIpc) is 3.72. The van der Waals surface area contributed by atoms with E-state index in [0.29, 0.717) is 5.89 Å². The van der Waals surface area contributed by atoms with Gasteiger partial charge in [-0.2, -0.15) is 0 Å². The molecular formula is C41H26N2OS. The molecule has 9 aromatic rings. The van der Waals surface area contributed by atoms with Gasteiger partial charge in [0.25, 0.3) is 0 Å². The lowest BCUT2D eigenvalue weighted by atomic mass is 10.0. The van der Waals surface area contributed by atoms with Crippen LogP contribution in [0.3, 0.4) is 0 Å². The molecule has 0 bridgehead atoms. The molecule has 0 atom stereocenters. The summed E-state index contributed by atoms with van der Waals surface area (Å²) >= 11 is 1.86. The van der Waals surface area contributed by atoms with Crippen molar-refractivity contribution < 1.29 is 4.42 Å². The van der Waals surface area contributed by atoms with Gasteiger partial charge in [-0.05, 0) is 71.1 Å². The van der Waals surface area contributed by atoms with Crippen molar-refractivity contribution in [3.8, 4) is 22.6 Å². The van der Waals surface area contributed by atoms with Gasteiger partial charge in [0.1, 0.15) is 5.52 Å². The second-order valence-corrected chi connectivity index (χ2v) is 12.2. The number of oxazole rings is 1. The Morgan fingerprint density at radius 3 is 2.09 bits per heavy atom. The molecule has 4 heteroatoms. The SMILES string of the molecule is c1ccc(-c2nc3c(ccc4cccc(N(c5ccccc5)c5ccc(-c6cccc7c6sc6ccccc67)cc5)c43)o2)cc1. The second kappa shape index (κ2) is 10.5. The Balaban J connectivity index is 1.22. The zero-order chi connectivity index (χ0) is 29.7. The van der Waals surface area contributed by atoms with Crippen molar-refractivity contribution in [2.24, 2.45) is 0 Å². The number of hydrogen-bond acceptors (Lipinski definition) is 4. The first kappa shape index (κ1) is 25.8. The van der Waals surface area contributed by atoms with E-state index in [-0.39, 0.29) is 0 Å². The van der Waals surface area contributed by atoms with Crippen molar-refractivity contribution in [2.45, 2.75) is 0 Å². The molecule has 2 heterocycles. The van der Waals surface area contributed by atoms with Gasteiger partial charge >= 0.3 is 0 Å². The molecule has 0 N–H and O–H groups in total. The molecule has 0 aliphatic rings. The number of anilines is 3. The number of thiophene rings is 1. The standard InChI is InChI=1S/C41H26N2OS/c1-3-11-29(12-4-1)41-42-39-36(44-41)26-23-28-13-9-19-35(38(28)39)43(30-14-5-2-6-15-30)31-24-21-27(22-25-31)32-17-10-18-34-33-16-7-8-20-37(33)45-40(32)34/h1-26H. The predicted molar refractivity (Wildman–Crippen MR) is 190 cm³/mol. The van der Waals surface area contributed by atoms with E-state index >= 15 is 0 Å². The zero-order valence-electron chi connectivity index (χ0n) is 24.2. The first-order chi connectivity index (χ1) is 22.3. The molecule has 0 unspecified atom stereocenters.